The molecule has 2 atom stereocenters. The van der Waals surface area contributed by atoms with E-state index in [2.05, 4.69) is 10.2 Å². The summed E-state index contributed by atoms with van der Waals surface area (Å²) in [5.41, 5.74) is -13.7. The lowest BCUT2D eigenvalue weighted by atomic mass is 9.87. The Balaban J connectivity index is 3.17. The van der Waals surface area contributed by atoms with Crippen LogP contribution in [0, 0.1) is 60.7 Å². The summed E-state index contributed by atoms with van der Waals surface area (Å²) >= 11 is 0. The Morgan fingerprint density at radius 2 is 1.25 bits per heavy atom. The van der Waals surface area contributed by atoms with Gasteiger partial charge in [0.1, 0.15) is 0 Å². The molecule has 0 aromatic heterocycles. The topological polar surface area (TPSA) is 284 Å². The van der Waals surface area contributed by atoms with E-state index in [0.29, 0.717) is 0 Å². The van der Waals surface area contributed by atoms with Crippen molar-refractivity contribution in [2.75, 3.05) is 0 Å². The largest absolute Gasteiger partial charge is 0.503 e. The highest BCUT2D eigenvalue weighted by atomic mass is 16.7. The molecule has 20 nitrogen and oxygen atoms in total. The van der Waals surface area contributed by atoms with Crippen molar-refractivity contribution in [3.8, 4) is 0 Å². The van der Waals surface area contributed by atoms with Crippen molar-refractivity contribution in [3.05, 3.63) is 114 Å². The molecule has 1 aromatic rings. The molecule has 20 heteroatoms. The van der Waals surface area contributed by atoms with Gasteiger partial charge in [-0.25, -0.2) is 0 Å². The fourth-order valence-corrected chi connectivity index (χ4v) is 2.82. The Bertz CT molecular complexity index is 1160. The molecule has 0 aliphatic heterocycles. The molecule has 2 unspecified atom stereocenters. The summed E-state index contributed by atoms with van der Waals surface area (Å²) in [4.78, 5) is 58.2. The summed E-state index contributed by atoms with van der Waals surface area (Å²) in [5.74, 6) is 0. The molecule has 0 saturated heterocycles. The quantitative estimate of drug-likeness (QED) is 0.301. The van der Waals surface area contributed by atoms with Crippen LogP contribution in [0.2, 0.25) is 0 Å². The maximum atomic E-state index is 11.9. The Morgan fingerprint density at radius 3 is 1.62 bits per heavy atom. The van der Waals surface area contributed by atoms with Crippen molar-refractivity contribution < 1.29 is 29.5 Å². The maximum absolute atomic E-state index is 11.9. The molecule has 1 aliphatic carbocycles. The fraction of sp³-hybridized carbons (Fsp3) is 0.167. The van der Waals surface area contributed by atoms with Crippen LogP contribution in [0.4, 0.5) is 5.69 Å². The third-order valence-corrected chi connectivity index (χ3v) is 3.99. The Hall–Kier alpha value is -5.30. The van der Waals surface area contributed by atoms with E-state index in [9.17, 15) is 60.7 Å². The fourth-order valence-electron chi connectivity index (χ4n) is 2.82. The van der Waals surface area contributed by atoms with Gasteiger partial charge in [0.15, 0.2) is 0 Å². The van der Waals surface area contributed by atoms with Gasteiger partial charge in [0.25, 0.3) is 0 Å². The van der Waals surface area contributed by atoms with Crippen LogP contribution in [0.3, 0.4) is 0 Å². The van der Waals surface area contributed by atoms with E-state index in [1.54, 1.807) is 0 Å². The minimum atomic E-state index is -4.20. The summed E-state index contributed by atoms with van der Waals surface area (Å²) in [6.07, 6.45) is 0. The van der Waals surface area contributed by atoms with E-state index >= 15 is 0 Å². The molecular weight excluding hydrogens is 448 g/mol. The van der Waals surface area contributed by atoms with E-state index in [1.165, 1.54) is 18.2 Å². The highest BCUT2D eigenvalue weighted by molar-refractivity contribution is 5.39. The van der Waals surface area contributed by atoms with E-state index in [-0.39, 0.29) is 5.69 Å². The number of hydrogen-bond donors (Lipinski definition) is 0. The molecular formula is C12H6N8O12. The van der Waals surface area contributed by atoms with Gasteiger partial charge in [-0.3, -0.25) is 60.7 Å². The summed E-state index contributed by atoms with van der Waals surface area (Å²) in [6, 6.07) is 2.77. The van der Waals surface area contributed by atoms with Crippen LogP contribution in [0.1, 0.15) is 0 Å². The van der Waals surface area contributed by atoms with Gasteiger partial charge in [0.2, 0.25) is 0 Å². The highest BCUT2D eigenvalue weighted by Gasteiger charge is 2.83. The Morgan fingerprint density at radius 1 is 0.719 bits per heavy atom. The number of benzene rings is 1. The number of nitrogens with zero attached hydrogens (tertiary/aromatic N) is 8. The van der Waals surface area contributed by atoms with Crippen molar-refractivity contribution in [2.45, 2.75) is 11.7 Å². The second-order valence-corrected chi connectivity index (χ2v) is 5.67. The predicted molar refractivity (Wildman–Crippen MR) is 93.5 cm³/mol. The molecule has 0 N–H and O–H groups in total. The van der Waals surface area contributed by atoms with Crippen LogP contribution in [0.15, 0.2) is 63.3 Å². The molecule has 32 heavy (non-hydrogen) atoms. The van der Waals surface area contributed by atoms with Crippen LogP contribution >= 0.6 is 0 Å². The zero-order chi connectivity index (χ0) is 24.4. The number of rotatable bonds is 8. The summed E-state index contributed by atoms with van der Waals surface area (Å²) in [7, 11) is 0. The molecule has 0 saturated carbocycles. The van der Waals surface area contributed by atoms with Gasteiger partial charge >= 0.3 is 34.5 Å². The van der Waals surface area contributed by atoms with Crippen LogP contribution in [-0.4, -0.2) is 41.2 Å². The Labute approximate surface area is 172 Å². The maximum Gasteiger partial charge on any atom is 0.503 e. The lowest BCUT2D eigenvalue weighted by molar-refractivity contribution is -0.680. The van der Waals surface area contributed by atoms with Crippen LogP contribution in [0.5, 0.6) is 0 Å². The zero-order valence-electron chi connectivity index (χ0n) is 14.9. The minimum absolute atomic E-state index is 0.284. The smallest absolute Gasteiger partial charge is 0.263 e. The molecule has 0 radical (unpaired) electrons. The first-order chi connectivity index (χ1) is 14.9. The van der Waals surface area contributed by atoms with Gasteiger partial charge in [-0.2, -0.15) is 0 Å². The second-order valence-electron chi connectivity index (χ2n) is 5.67. The summed E-state index contributed by atoms with van der Waals surface area (Å²) < 4.78 is 0. The molecule has 0 amide bonds. The molecule has 0 spiro atoms. The highest BCUT2D eigenvalue weighted by Crippen LogP contribution is 2.43. The van der Waals surface area contributed by atoms with Crippen molar-refractivity contribution in [1.82, 2.24) is 0 Å². The van der Waals surface area contributed by atoms with Crippen molar-refractivity contribution >= 4 is 5.69 Å². The standard InChI is InChI=1S/C12H6N8O12/c21-15(22)7-8(16(23)24)10(18(27)28)12(20(31)32,11(19(29)30)9(7)17(25)26)14-13-6-4-2-1-3-5-6/h1-5,10H. The average Bonchev–Trinajstić information content (AvgIpc) is 2.70. The van der Waals surface area contributed by atoms with Gasteiger partial charge in [-0.1, -0.05) is 23.3 Å². The third kappa shape index (κ3) is 3.53. The molecule has 1 aromatic carbocycles. The number of nitro groups is 6. The first-order valence-corrected chi connectivity index (χ1v) is 7.70. The molecule has 1 aliphatic rings. The van der Waals surface area contributed by atoms with Gasteiger partial charge in [-0.15, -0.1) is 5.11 Å². The van der Waals surface area contributed by atoms with E-state index < -0.39 is 64.0 Å². The Kier molecular flexibility index (Phi) is 5.90. The molecule has 2 rings (SSSR count). The van der Waals surface area contributed by atoms with E-state index in [0.717, 1.165) is 12.1 Å². The number of azo groups is 1. The van der Waals surface area contributed by atoms with E-state index in [4.69, 9.17) is 0 Å². The molecule has 166 valence electrons. The van der Waals surface area contributed by atoms with Gasteiger partial charge < -0.3 is 0 Å². The first kappa shape index (κ1) is 23.0. The van der Waals surface area contributed by atoms with Gasteiger partial charge in [-0.05, 0) is 12.1 Å². The molecule has 0 bridgehead atoms. The van der Waals surface area contributed by atoms with Crippen LogP contribution in [0.25, 0.3) is 0 Å². The van der Waals surface area contributed by atoms with Gasteiger partial charge in [0, 0.05) is 4.92 Å². The predicted octanol–water partition coefficient (Wildman–Crippen LogP) is 0.932. The summed E-state index contributed by atoms with van der Waals surface area (Å²) in [5, 5.41) is 75.6. The lowest BCUT2D eigenvalue weighted by Gasteiger charge is -2.20. The number of hydrogen-bond acceptors (Lipinski definition) is 14. The SMILES string of the molecule is O=[N+]([O-])C1=C([N+](=O)[O-])C([N+](=O)[O-])C(N=Nc2ccccc2)([N+](=O)[O-])C([N+](=O)[O-])=C1[N+](=O)[O-]. The van der Waals surface area contributed by atoms with Crippen LogP contribution < -0.4 is 0 Å². The van der Waals surface area contributed by atoms with E-state index in [1.807, 2.05) is 0 Å². The van der Waals surface area contributed by atoms with Crippen LogP contribution in [-0.2, 0) is 0 Å². The zero-order valence-corrected chi connectivity index (χ0v) is 14.9. The average molecular weight is 454 g/mol. The minimum Gasteiger partial charge on any atom is -0.263 e. The molecule has 0 heterocycles. The molecule has 0 fully saturated rings. The summed E-state index contributed by atoms with van der Waals surface area (Å²) in [6.45, 7) is 0. The monoisotopic (exact) mass is 454 g/mol. The normalized spacial score (nSPS) is 20.8. The lowest BCUT2D eigenvalue weighted by Crippen LogP contribution is -2.59. The van der Waals surface area contributed by atoms with Gasteiger partial charge in [0.05, 0.1) is 30.3 Å². The van der Waals surface area contributed by atoms with Crippen molar-refractivity contribution in [3.63, 3.8) is 0 Å². The third-order valence-electron chi connectivity index (χ3n) is 3.99. The van der Waals surface area contributed by atoms with Crippen molar-refractivity contribution in [2.24, 2.45) is 10.2 Å². The van der Waals surface area contributed by atoms with Crippen molar-refractivity contribution in [1.29, 1.82) is 0 Å². The second kappa shape index (κ2) is 8.21. The first-order valence-electron chi connectivity index (χ1n) is 7.70.